The number of halogens is 1. The van der Waals surface area contributed by atoms with Crippen molar-refractivity contribution in [2.45, 2.75) is 6.92 Å². The predicted octanol–water partition coefficient (Wildman–Crippen LogP) is 5.70. The summed E-state index contributed by atoms with van der Waals surface area (Å²) in [6, 6.07) is 16.3. The van der Waals surface area contributed by atoms with Gasteiger partial charge in [-0.05, 0) is 66.6 Å². The van der Waals surface area contributed by atoms with E-state index in [1.165, 1.54) is 24.3 Å². The fourth-order valence-corrected chi connectivity index (χ4v) is 4.86. The molecule has 0 saturated carbocycles. The lowest BCUT2D eigenvalue weighted by Crippen LogP contribution is -2.40. The second kappa shape index (κ2) is 11.7. The average Bonchev–Trinajstić information content (AvgIpc) is 3.49. The van der Waals surface area contributed by atoms with Crippen LogP contribution in [0.1, 0.15) is 15.9 Å². The molecule has 0 bridgehead atoms. The van der Waals surface area contributed by atoms with Crippen molar-refractivity contribution in [3.8, 4) is 11.1 Å². The van der Waals surface area contributed by atoms with Gasteiger partial charge in [0.25, 0.3) is 5.91 Å². The summed E-state index contributed by atoms with van der Waals surface area (Å²) in [7, 11) is 0. The minimum Gasteiger partial charge on any atom is -0.378 e. The first kappa shape index (κ1) is 26.9. The zero-order valence-electron chi connectivity index (χ0n) is 22.8. The van der Waals surface area contributed by atoms with E-state index in [1.54, 1.807) is 29.4 Å². The number of benzene rings is 2. The summed E-state index contributed by atoms with van der Waals surface area (Å²) in [6.07, 6.45) is 7.11. The molecule has 10 nitrogen and oxygen atoms in total. The molecule has 0 aliphatic carbocycles. The molecule has 2 aromatic carbocycles. The van der Waals surface area contributed by atoms with Crippen molar-refractivity contribution in [2.75, 3.05) is 42.3 Å². The molecule has 1 fully saturated rings. The molecule has 0 unspecified atom stereocenters. The van der Waals surface area contributed by atoms with Gasteiger partial charge in [0.15, 0.2) is 5.65 Å². The van der Waals surface area contributed by atoms with Crippen LogP contribution in [0.25, 0.3) is 16.8 Å². The quantitative estimate of drug-likeness (QED) is 0.243. The number of rotatable bonds is 6. The number of hydrogen-bond acceptors (Lipinski definition) is 6. The van der Waals surface area contributed by atoms with Gasteiger partial charge < -0.3 is 30.0 Å². The predicted molar refractivity (Wildman–Crippen MR) is 159 cm³/mol. The lowest BCUT2D eigenvalue weighted by Gasteiger charge is -2.26. The Kier molecular flexibility index (Phi) is 7.48. The van der Waals surface area contributed by atoms with Crippen LogP contribution in [-0.4, -0.2) is 57.5 Å². The second-order valence-corrected chi connectivity index (χ2v) is 9.83. The Bertz CT molecular complexity index is 1750. The van der Waals surface area contributed by atoms with Crippen LogP contribution in [0.3, 0.4) is 0 Å². The van der Waals surface area contributed by atoms with Gasteiger partial charge in [0, 0.05) is 54.8 Å². The Morgan fingerprint density at radius 2 is 1.76 bits per heavy atom. The molecule has 11 heteroatoms. The number of imidazole rings is 1. The summed E-state index contributed by atoms with van der Waals surface area (Å²) in [6.45, 7) is 4.14. The summed E-state index contributed by atoms with van der Waals surface area (Å²) < 4.78 is 20.5. The molecule has 0 radical (unpaired) electrons. The highest BCUT2D eigenvalue weighted by Gasteiger charge is 2.19. The Labute approximate surface area is 241 Å². The molecule has 3 aromatic heterocycles. The molecule has 5 aromatic rings. The number of fused-ring (bicyclic) bond motifs is 1. The number of urea groups is 1. The van der Waals surface area contributed by atoms with Gasteiger partial charge in [0.05, 0.1) is 24.5 Å². The molecule has 42 heavy (non-hydrogen) atoms. The van der Waals surface area contributed by atoms with Crippen molar-refractivity contribution in [3.05, 3.63) is 102 Å². The van der Waals surface area contributed by atoms with Crippen LogP contribution >= 0.6 is 0 Å². The maximum Gasteiger partial charge on any atom is 0.323 e. The van der Waals surface area contributed by atoms with E-state index in [9.17, 15) is 14.0 Å². The Balaban J connectivity index is 1.23. The third-order valence-electron chi connectivity index (χ3n) is 7.05. The number of aromatic nitrogens is 3. The summed E-state index contributed by atoms with van der Waals surface area (Å²) in [5.41, 5.74) is 5.73. The maximum atomic E-state index is 13.2. The maximum absolute atomic E-state index is 13.2. The van der Waals surface area contributed by atoms with Crippen molar-refractivity contribution in [2.24, 2.45) is 0 Å². The zero-order chi connectivity index (χ0) is 29.1. The van der Waals surface area contributed by atoms with E-state index < -0.39 is 6.03 Å². The number of carbonyl (C=O) groups is 2. The van der Waals surface area contributed by atoms with Crippen LogP contribution in [0.4, 0.5) is 32.1 Å². The van der Waals surface area contributed by atoms with E-state index in [0.717, 1.165) is 22.4 Å². The van der Waals surface area contributed by atoms with Gasteiger partial charge in [0.2, 0.25) is 0 Å². The number of morpholine rings is 1. The first-order valence-electron chi connectivity index (χ1n) is 13.4. The van der Waals surface area contributed by atoms with Gasteiger partial charge in [-0.1, -0.05) is 12.1 Å². The van der Waals surface area contributed by atoms with Gasteiger partial charge in [-0.15, -0.1) is 0 Å². The zero-order valence-corrected chi connectivity index (χ0v) is 22.8. The van der Waals surface area contributed by atoms with E-state index in [2.05, 4.69) is 25.9 Å². The van der Waals surface area contributed by atoms with Gasteiger partial charge >= 0.3 is 6.03 Å². The fraction of sp³-hybridized carbons (Fsp3) is 0.161. The second-order valence-electron chi connectivity index (χ2n) is 9.83. The summed E-state index contributed by atoms with van der Waals surface area (Å²) in [4.78, 5) is 36.2. The number of pyridine rings is 2. The van der Waals surface area contributed by atoms with Crippen molar-refractivity contribution >= 4 is 40.5 Å². The van der Waals surface area contributed by atoms with Crippen LogP contribution in [0.15, 0.2) is 85.5 Å². The minimum atomic E-state index is -0.434. The van der Waals surface area contributed by atoms with E-state index in [0.29, 0.717) is 54.7 Å². The van der Waals surface area contributed by atoms with Crippen LogP contribution in [-0.2, 0) is 4.74 Å². The van der Waals surface area contributed by atoms with Gasteiger partial charge in [0.1, 0.15) is 11.6 Å². The molecule has 3 N–H and O–H groups in total. The number of amides is 3. The van der Waals surface area contributed by atoms with Crippen molar-refractivity contribution < 1.29 is 18.7 Å². The highest BCUT2D eigenvalue weighted by Crippen LogP contribution is 2.32. The van der Waals surface area contributed by atoms with E-state index >= 15 is 0 Å². The average molecular weight is 566 g/mol. The third kappa shape index (κ3) is 5.77. The molecular formula is C31H28FN7O3. The lowest BCUT2D eigenvalue weighted by molar-refractivity contribution is 0.0302. The fourth-order valence-electron chi connectivity index (χ4n) is 4.86. The molecule has 1 aliphatic heterocycles. The first-order valence-corrected chi connectivity index (χ1v) is 13.4. The molecule has 3 amide bonds. The lowest BCUT2D eigenvalue weighted by atomic mass is 10.00. The number of anilines is 4. The largest absolute Gasteiger partial charge is 0.378 e. The molecule has 212 valence electrons. The van der Waals surface area contributed by atoms with Gasteiger partial charge in [-0.3, -0.25) is 4.79 Å². The topological polar surface area (TPSA) is 113 Å². The Hall–Kier alpha value is -5.29. The van der Waals surface area contributed by atoms with E-state index in [-0.39, 0.29) is 11.7 Å². The number of nitrogens with one attached hydrogen (secondary N) is 3. The SMILES string of the molecule is Cc1c(NC(=O)Nc2ccc(F)cc2)cccc1-c1cc(Nc2ccc(C(=O)N3CCOCC3)cn2)c2nccn2c1. The molecule has 1 saturated heterocycles. The van der Waals surface area contributed by atoms with Gasteiger partial charge in [-0.25, -0.2) is 19.2 Å². The van der Waals surface area contributed by atoms with Crippen molar-refractivity contribution in [1.29, 1.82) is 0 Å². The van der Waals surface area contributed by atoms with Crippen molar-refractivity contribution in [3.63, 3.8) is 0 Å². The Morgan fingerprint density at radius 3 is 2.52 bits per heavy atom. The molecular weight excluding hydrogens is 537 g/mol. The number of hydrogen-bond donors (Lipinski definition) is 3. The molecule has 0 atom stereocenters. The van der Waals surface area contributed by atoms with Crippen molar-refractivity contribution in [1.82, 2.24) is 19.3 Å². The van der Waals surface area contributed by atoms with Crippen LogP contribution in [0, 0.1) is 12.7 Å². The molecule has 1 aliphatic rings. The summed E-state index contributed by atoms with van der Waals surface area (Å²) in [5.74, 6) is 0.130. The molecule has 6 rings (SSSR count). The smallest absolute Gasteiger partial charge is 0.323 e. The normalized spacial score (nSPS) is 13.1. The highest BCUT2D eigenvalue weighted by molar-refractivity contribution is 6.01. The number of ether oxygens (including phenoxy) is 1. The van der Waals surface area contributed by atoms with E-state index in [4.69, 9.17) is 4.74 Å². The van der Waals surface area contributed by atoms with Crippen LogP contribution < -0.4 is 16.0 Å². The molecule has 0 spiro atoms. The third-order valence-corrected chi connectivity index (χ3v) is 7.05. The first-order chi connectivity index (χ1) is 20.4. The number of nitrogens with zero attached hydrogens (tertiary/aromatic N) is 4. The Morgan fingerprint density at radius 1 is 0.952 bits per heavy atom. The highest BCUT2D eigenvalue weighted by atomic mass is 19.1. The van der Waals surface area contributed by atoms with E-state index in [1.807, 2.05) is 48.0 Å². The monoisotopic (exact) mass is 565 g/mol. The van der Waals surface area contributed by atoms with Crippen LogP contribution in [0.2, 0.25) is 0 Å². The standard InChI is InChI=1S/C31H28FN7O3/c1-20-25(3-2-4-26(20)37-31(41)35-24-8-6-23(32)7-9-24)22-17-27(29-33-11-12-39(29)19-22)36-28-10-5-21(18-34-28)30(40)38-13-15-42-16-14-38/h2-12,17-19H,13-16H2,1H3,(H,34,36)(H2,35,37,41). The van der Waals surface area contributed by atoms with Crippen LogP contribution in [0.5, 0.6) is 0 Å². The summed E-state index contributed by atoms with van der Waals surface area (Å²) in [5, 5.41) is 8.94. The minimum absolute atomic E-state index is 0.0645. The van der Waals surface area contributed by atoms with Gasteiger partial charge in [-0.2, -0.15) is 0 Å². The summed E-state index contributed by atoms with van der Waals surface area (Å²) >= 11 is 0. The number of carbonyl (C=O) groups excluding carboxylic acids is 2. The molecule has 4 heterocycles.